The minimum Gasteiger partial charge on any atom is -0.388 e. The monoisotopic (exact) mass is 218 g/mol. The maximum Gasteiger partial charge on any atom is 0.364 e. The SMILES string of the molecule is Cc1cc([N+](=O)[O-])nc(CO)c1C(F)F. The molecule has 0 aromatic carbocycles. The summed E-state index contributed by atoms with van der Waals surface area (Å²) in [6.45, 7) is 0.567. The number of halogens is 2. The van der Waals surface area contributed by atoms with Gasteiger partial charge in [-0.15, -0.1) is 0 Å². The Morgan fingerprint density at radius 2 is 2.27 bits per heavy atom. The number of aryl methyl sites for hydroxylation is 1. The molecule has 0 radical (unpaired) electrons. The zero-order valence-corrected chi connectivity index (χ0v) is 7.78. The van der Waals surface area contributed by atoms with Crippen molar-refractivity contribution < 1.29 is 18.8 Å². The first-order valence-corrected chi connectivity index (χ1v) is 4.01. The number of hydrogen-bond donors (Lipinski definition) is 1. The zero-order valence-electron chi connectivity index (χ0n) is 7.78. The summed E-state index contributed by atoms with van der Waals surface area (Å²) in [5.74, 6) is -0.541. The Balaban J connectivity index is 3.37. The van der Waals surface area contributed by atoms with Crippen LogP contribution in [0.4, 0.5) is 14.6 Å². The number of aliphatic hydroxyl groups is 1. The lowest BCUT2D eigenvalue weighted by Gasteiger charge is -2.05. The van der Waals surface area contributed by atoms with Crippen molar-refractivity contribution in [3.05, 3.63) is 33.0 Å². The molecule has 1 aromatic rings. The van der Waals surface area contributed by atoms with Crippen LogP contribution in [0.25, 0.3) is 0 Å². The molecule has 0 bridgehead atoms. The van der Waals surface area contributed by atoms with Gasteiger partial charge in [-0.1, -0.05) is 0 Å². The first-order chi connectivity index (χ1) is 6.97. The van der Waals surface area contributed by atoms with Crippen molar-refractivity contribution in [3.8, 4) is 0 Å². The molecule has 7 heteroatoms. The molecule has 1 aromatic heterocycles. The number of pyridine rings is 1. The summed E-state index contributed by atoms with van der Waals surface area (Å²) in [5.41, 5.74) is -0.740. The van der Waals surface area contributed by atoms with E-state index in [1.54, 1.807) is 0 Å². The van der Waals surface area contributed by atoms with Crippen molar-refractivity contribution >= 4 is 5.82 Å². The van der Waals surface area contributed by atoms with Gasteiger partial charge in [-0.05, 0) is 22.4 Å². The molecule has 1 N–H and O–H groups in total. The molecule has 0 aliphatic heterocycles. The lowest BCUT2D eigenvalue weighted by molar-refractivity contribution is -0.389. The van der Waals surface area contributed by atoms with Gasteiger partial charge in [0.25, 0.3) is 6.43 Å². The summed E-state index contributed by atoms with van der Waals surface area (Å²) >= 11 is 0. The summed E-state index contributed by atoms with van der Waals surface area (Å²) in [4.78, 5) is 12.9. The summed E-state index contributed by atoms with van der Waals surface area (Å²) in [7, 11) is 0. The molecule has 0 aliphatic carbocycles. The van der Waals surface area contributed by atoms with Gasteiger partial charge in [0.1, 0.15) is 6.61 Å². The van der Waals surface area contributed by atoms with E-state index in [9.17, 15) is 18.9 Å². The fourth-order valence-electron chi connectivity index (χ4n) is 1.24. The fraction of sp³-hybridized carbons (Fsp3) is 0.375. The second-order valence-electron chi connectivity index (χ2n) is 2.87. The summed E-state index contributed by atoms with van der Waals surface area (Å²) < 4.78 is 25.0. The van der Waals surface area contributed by atoms with Gasteiger partial charge in [0.15, 0.2) is 5.69 Å². The van der Waals surface area contributed by atoms with Crippen LogP contribution in [0, 0.1) is 17.0 Å². The molecule has 5 nitrogen and oxygen atoms in total. The maximum absolute atomic E-state index is 12.5. The van der Waals surface area contributed by atoms with Gasteiger partial charge >= 0.3 is 5.82 Å². The number of hydrogen-bond acceptors (Lipinski definition) is 4. The van der Waals surface area contributed by atoms with E-state index in [1.807, 2.05) is 0 Å². The number of aromatic nitrogens is 1. The van der Waals surface area contributed by atoms with Gasteiger partial charge in [-0.2, -0.15) is 0 Å². The average molecular weight is 218 g/mol. The van der Waals surface area contributed by atoms with Crippen LogP contribution < -0.4 is 0 Å². The molecule has 0 saturated heterocycles. The van der Waals surface area contributed by atoms with Crippen LogP contribution in [0.15, 0.2) is 6.07 Å². The van der Waals surface area contributed by atoms with Crippen molar-refractivity contribution in [3.63, 3.8) is 0 Å². The minimum absolute atomic E-state index is 0.0516. The van der Waals surface area contributed by atoms with Crippen LogP contribution in [0.1, 0.15) is 23.2 Å². The highest BCUT2D eigenvalue weighted by Gasteiger charge is 2.23. The van der Waals surface area contributed by atoms with Crippen LogP contribution in [-0.4, -0.2) is 15.0 Å². The van der Waals surface area contributed by atoms with Crippen LogP contribution in [-0.2, 0) is 6.61 Å². The summed E-state index contributed by atoms with van der Waals surface area (Å²) in [5, 5.41) is 19.2. The molecule has 0 amide bonds. The maximum atomic E-state index is 12.5. The molecule has 82 valence electrons. The zero-order chi connectivity index (χ0) is 11.6. The molecule has 0 aliphatic rings. The highest BCUT2D eigenvalue weighted by Crippen LogP contribution is 2.27. The standard InChI is InChI=1S/C8H8F2N2O3/c1-4-2-6(12(14)15)11-5(3-13)7(4)8(9)10/h2,8,13H,3H2,1H3. The normalized spacial score (nSPS) is 10.7. The molecule has 1 heterocycles. The Morgan fingerprint density at radius 3 is 2.67 bits per heavy atom. The van der Waals surface area contributed by atoms with Crippen molar-refractivity contribution in [2.24, 2.45) is 0 Å². The van der Waals surface area contributed by atoms with E-state index in [1.165, 1.54) is 6.92 Å². The Morgan fingerprint density at radius 1 is 1.67 bits per heavy atom. The molecule has 0 spiro atoms. The molecular weight excluding hydrogens is 210 g/mol. The van der Waals surface area contributed by atoms with E-state index in [-0.39, 0.29) is 11.3 Å². The van der Waals surface area contributed by atoms with E-state index in [0.29, 0.717) is 0 Å². The highest BCUT2D eigenvalue weighted by molar-refractivity contribution is 5.37. The van der Waals surface area contributed by atoms with Gasteiger partial charge < -0.3 is 15.2 Å². The third-order valence-electron chi connectivity index (χ3n) is 1.89. The first-order valence-electron chi connectivity index (χ1n) is 4.01. The average Bonchev–Trinajstić information content (AvgIpc) is 2.15. The third kappa shape index (κ3) is 2.24. The highest BCUT2D eigenvalue weighted by atomic mass is 19.3. The van der Waals surface area contributed by atoms with E-state index < -0.39 is 29.3 Å². The van der Waals surface area contributed by atoms with E-state index in [0.717, 1.165) is 6.07 Å². The van der Waals surface area contributed by atoms with E-state index in [2.05, 4.69) is 4.98 Å². The quantitative estimate of drug-likeness (QED) is 0.619. The van der Waals surface area contributed by atoms with E-state index in [4.69, 9.17) is 5.11 Å². The Kier molecular flexibility index (Phi) is 3.25. The number of nitrogens with zero attached hydrogens (tertiary/aromatic N) is 2. The molecular formula is C8H8F2N2O3. The lowest BCUT2D eigenvalue weighted by Crippen LogP contribution is -2.04. The lowest BCUT2D eigenvalue weighted by atomic mass is 10.1. The van der Waals surface area contributed by atoms with Gasteiger partial charge in [-0.25, -0.2) is 8.78 Å². The Hall–Kier alpha value is -1.63. The first kappa shape index (κ1) is 11.4. The van der Waals surface area contributed by atoms with Gasteiger partial charge in [-0.3, -0.25) is 0 Å². The van der Waals surface area contributed by atoms with Gasteiger partial charge in [0.2, 0.25) is 0 Å². The summed E-state index contributed by atoms with van der Waals surface area (Å²) in [6, 6.07) is 0.959. The topological polar surface area (TPSA) is 76.3 Å². The molecule has 0 unspecified atom stereocenters. The second kappa shape index (κ2) is 4.26. The largest absolute Gasteiger partial charge is 0.388 e. The predicted octanol–water partition coefficient (Wildman–Crippen LogP) is 1.73. The van der Waals surface area contributed by atoms with Crippen LogP contribution in [0.3, 0.4) is 0 Å². The number of aliphatic hydroxyl groups excluding tert-OH is 1. The molecule has 15 heavy (non-hydrogen) atoms. The van der Waals surface area contributed by atoms with Crippen molar-refractivity contribution in [2.45, 2.75) is 20.0 Å². The molecule has 0 saturated carbocycles. The fourth-order valence-corrected chi connectivity index (χ4v) is 1.24. The van der Waals surface area contributed by atoms with Crippen molar-refractivity contribution in [2.75, 3.05) is 0 Å². The number of nitro groups is 1. The molecule has 0 fully saturated rings. The molecule has 0 atom stereocenters. The summed E-state index contributed by atoms with van der Waals surface area (Å²) in [6.07, 6.45) is -2.81. The van der Waals surface area contributed by atoms with Crippen molar-refractivity contribution in [1.82, 2.24) is 4.98 Å². The van der Waals surface area contributed by atoms with Gasteiger partial charge in [0.05, 0.1) is 5.56 Å². The Labute approximate surface area is 83.5 Å². The molecule has 1 rings (SSSR count). The van der Waals surface area contributed by atoms with E-state index >= 15 is 0 Å². The van der Waals surface area contributed by atoms with Crippen molar-refractivity contribution in [1.29, 1.82) is 0 Å². The van der Waals surface area contributed by atoms with Gasteiger partial charge in [0, 0.05) is 6.07 Å². The second-order valence-corrected chi connectivity index (χ2v) is 2.87. The number of alkyl halides is 2. The Bertz CT molecular complexity index is 396. The smallest absolute Gasteiger partial charge is 0.364 e. The number of rotatable bonds is 3. The van der Waals surface area contributed by atoms with Crippen LogP contribution in [0.5, 0.6) is 0 Å². The van der Waals surface area contributed by atoms with Crippen LogP contribution in [0.2, 0.25) is 0 Å². The predicted molar refractivity (Wildman–Crippen MR) is 46.5 cm³/mol. The third-order valence-corrected chi connectivity index (χ3v) is 1.89. The van der Waals surface area contributed by atoms with Crippen LogP contribution >= 0.6 is 0 Å². The minimum atomic E-state index is -2.81.